The van der Waals surface area contributed by atoms with Crippen LogP contribution in [0.3, 0.4) is 0 Å². The average molecular weight is 299 g/mol. The van der Waals surface area contributed by atoms with Crippen LogP contribution >= 0.6 is 11.8 Å². The Balaban J connectivity index is 2.11. The highest BCUT2D eigenvalue weighted by molar-refractivity contribution is 7.99. The van der Waals surface area contributed by atoms with E-state index in [1.807, 2.05) is 12.1 Å². The zero-order valence-corrected chi connectivity index (χ0v) is 13.2. The molecular formula is C17H17NO2S. The first-order valence-electron chi connectivity index (χ1n) is 6.73. The number of benzene rings is 2. The lowest BCUT2D eigenvalue weighted by Gasteiger charge is -2.19. The fourth-order valence-electron chi connectivity index (χ4n) is 2.37. The molecule has 1 heterocycles. The van der Waals surface area contributed by atoms with Gasteiger partial charge in [0.25, 0.3) is 0 Å². The maximum atomic E-state index is 5.42. The molecule has 0 bridgehead atoms. The van der Waals surface area contributed by atoms with Gasteiger partial charge in [0.1, 0.15) is 0 Å². The van der Waals surface area contributed by atoms with Crippen LogP contribution in [0.4, 0.5) is 0 Å². The van der Waals surface area contributed by atoms with Crippen LogP contribution < -0.4 is 9.47 Å². The minimum absolute atomic E-state index is 0.728. The molecule has 21 heavy (non-hydrogen) atoms. The third-order valence-corrected chi connectivity index (χ3v) is 4.42. The van der Waals surface area contributed by atoms with Crippen LogP contribution in [0, 0.1) is 6.92 Å². The number of aryl methyl sites for hydroxylation is 1. The molecular weight excluding hydrogens is 282 g/mol. The Morgan fingerprint density at radius 1 is 1.00 bits per heavy atom. The summed E-state index contributed by atoms with van der Waals surface area (Å²) in [6.07, 6.45) is 0. The Labute approximate surface area is 129 Å². The van der Waals surface area contributed by atoms with E-state index in [1.54, 1.807) is 26.0 Å². The first-order chi connectivity index (χ1) is 10.2. The number of nitrogens with zero attached hydrogens (tertiary/aromatic N) is 1. The van der Waals surface area contributed by atoms with Crippen LogP contribution in [-0.2, 0) is 0 Å². The molecule has 0 saturated carbocycles. The van der Waals surface area contributed by atoms with Crippen molar-refractivity contribution in [3.05, 3.63) is 53.1 Å². The van der Waals surface area contributed by atoms with Crippen LogP contribution in [0.25, 0.3) is 0 Å². The SMILES string of the molecule is COc1cc2c(cc1OC)C(c1ccc(C)cc1)=NCS2. The Bertz CT molecular complexity index is 693. The molecule has 108 valence electrons. The predicted octanol–water partition coefficient (Wildman–Crippen LogP) is 3.91. The molecule has 2 aromatic rings. The van der Waals surface area contributed by atoms with Gasteiger partial charge in [0, 0.05) is 16.0 Å². The third kappa shape index (κ3) is 2.63. The molecule has 0 fully saturated rings. The fourth-order valence-corrected chi connectivity index (χ4v) is 3.21. The summed E-state index contributed by atoms with van der Waals surface area (Å²) in [6.45, 7) is 2.09. The maximum Gasteiger partial charge on any atom is 0.161 e. The number of rotatable bonds is 3. The van der Waals surface area contributed by atoms with E-state index in [-0.39, 0.29) is 0 Å². The zero-order chi connectivity index (χ0) is 14.8. The fraction of sp³-hybridized carbons (Fsp3) is 0.235. The highest BCUT2D eigenvalue weighted by Gasteiger charge is 2.20. The summed E-state index contributed by atoms with van der Waals surface area (Å²) >= 11 is 1.72. The van der Waals surface area contributed by atoms with Crippen molar-refractivity contribution in [1.82, 2.24) is 0 Å². The molecule has 3 nitrogen and oxygen atoms in total. The van der Waals surface area contributed by atoms with E-state index in [0.29, 0.717) is 0 Å². The van der Waals surface area contributed by atoms with Crippen LogP contribution in [0.15, 0.2) is 46.3 Å². The average Bonchev–Trinajstić information content (AvgIpc) is 2.53. The molecule has 0 atom stereocenters. The van der Waals surface area contributed by atoms with E-state index in [1.165, 1.54) is 10.5 Å². The van der Waals surface area contributed by atoms with Crippen LogP contribution in [0.2, 0.25) is 0 Å². The Kier molecular flexibility index (Phi) is 3.88. The highest BCUT2D eigenvalue weighted by Crippen LogP contribution is 2.38. The van der Waals surface area contributed by atoms with Crippen molar-refractivity contribution in [1.29, 1.82) is 0 Å². The van der Waals surface area contributed by atoms with E-state index in [4.69, 9.17) is 9.47 Å². The molecule has 0 unspecified atom stereocenters. The van der Waals surface area contributed by atoms with Crippen molar-refractivity contribution in [3.8, 4) is 11.5 Å². The number of hydrogen-bond acceptors (Lipinski definition) is 4. The molecule has 1 aliphatic heterocycles. The molecule has 0 aromatic heterocycles. The number of methoxy groups -OCH3 is 2. The second kappa shape index (κ2) is 5.82. The van der Waals surface area contributed by atoms with Gasteiger partial charge in [0.05, 0.1) is 25.8 Å². The summed E-state index contributed by atoms with van der Waals surface area (Å²) in [6, 6.07) is 12.5. The van der Waals surface area contributed by atoms with Gasteiger partial charge in [-0.25, -0.2) is 0 Å². The van der Waals surface area contributed by atoms with Crippen LogP contribution in [0.1, 0.15) is 16.7 Å². The normalized spacial score (nSPS) is 13.4. The Morgan fingerprint density at radius 2 is 1.67 bits per heavy atom. The summed E-state index contributed by atoms with van der Waals surface area (Å²) in [5.74, 6) is 2.22. The van der Waals surface area contributed by atoms with Gasteiger partial charge in [0.2, 0.25) is 0 Å². The van der Waals surface area contributed by atoms with Gasteiger partial charge in [0.15, 0.2) is 11.5 Å². The van der Waals surface area contributed by atoms with E-state index >= 15 is 0 Å². The number of aliphatic imine (C=N–C) groups is 1. The molecule has 0 N–H and O–H groups in total. The molecule has 1 aliphatic rings. The minimum atomic E-state index is 0.728. The lowest BCUT2D eigenvalue weighted by atomic mass is 10.0. The summed E-state index contributed by atoms with van der Waals surface area (Å²) < 4.78 is 10.8. The van der Waals surface area contributed by atoms with Crippen LogP contribution in [0.5, 0.6) is 11.5 Å². The zero-order valence-electron chi connectivity index (χ0n) is 12.3. The van der Waals surface area contributed by atoms with Crippen molar-refractivity contribution in [2.45, 2.75) is 11.8 Å². The van der Waals surface area contributed by atoms with E-state index in [2.05, 4.69) is 36.2 Å². The Hall–Kier alpha value is -1.94. The van der Waals surface area contributed by atoms with Gasteiger partial charge >= 0.3 is 0 Å². The molecule has 0 radical (unpaired) electrons. The van der Waals surface area contributed by atoms with Gasteiger partial charge in [-0.1, -0.05) is 29.8 Å². The first-order valence-corrected chi connectivity index (χ1v) is 7.72. The summed E-state index contributed by atoms with van der Waals surface area (Å²) in [4.78, 5) is 5.86. The van der Waals surface area contributed by atoms with Crippen LogP contribution in [-0.4, -0.2) is 25.8 Å². The standard InChI is InChI=1S/C17H17NO2S/c1-11-4-6-12(7-5-11)17-13-8-14(19-2)15(20-3)9-16(13)21-10-18-17/h4-9H,10H2,1-3H3. The predicted molar refractivity (Wildman–Crippen MR) is 87.1 cm³/mol. The second-order valence-corrected chi connectivity index (χ2v) is 5.84. The minimum Gasteiger partial charge on any atom is -0.493 e. The van der Waals surface area contributed by atoms with E-state index < -0.39 is 0 Å². The monoisotopic (exact) mass is 299 g/mol. The molecule has 0 aliphatic carbocycles. The second-order valence-electron chi connectivity index (χ2n) is 4.85. The van der Waals surface area contributed by atoms with Gasteiger partial charge < -0.3 is 9.47 Å². The summed E-state index contributed by atoms with van der Waals surface area (Å²) in [5, 5.41) is 0. The summed E-state index contributed by atoms with van der Waals surface area (Å²) in [5.41, 5.74) is 4.50. The topological polar surface area (TPSA) is 30.8 Å². The Morgan fingerprint density at radius 3 is 2.33 bits per heavy atom. The lowest BCUT2D eigenvalue weighted by Crippen LogP contribution is -2.10. The lowest BCUT2D eigenvalue weighted by molar-refractivity contribution is 0.354. The number of fused-ring (bicyclic) bond motifs is 1. The number of hydrogen-bond donors (Lipinski definition) is 0. The molecule has 0 spiro atoms. The van der Waals surface area contributed by atoms with Crippen molar-refractivity contribution < 1.29 is 9.47 Å². The quantitative estimate of drug-likeness (QED) is 0.861. The number of thioether (sulfide) groups is 1. The van der Waals surface area contributed by atoms with E-state index in [0.717, 1.165) is 34.2 Å². The largest absolute Gasteiger partial charge is 0.493 e. The van der Waals surface area contributed by atoms with Crippen molar-refractivity contribution in [2.24, 2.45) is 4.99 Å². The first kappa shape index (κ1) is 14.0. The maximum absolute atomic E-state index is 5.42. The van der Waals surface area contributed by atoms with Gasteiger partial charge in [-0.2, -0.15) is 0 Å². The van der Waals surface area contributed by atoms with Gasteiger partial charge in [-0.05, 0) is 19.1 Å². The summed E-state index contributed by atoms with van der Waals surface area (Å²) in [7, 11) is 3.32. The number of ether oxygens (including phenoxy) is 2. The third-order valence-electron chi connectivity index (χ3n) is 3.51. The molecule has 4 heteroatoms. The van der Waals surface area contributed by atoms with Gasteiger partial charge in [-0.15, -0.1) is 11.8 Å². The highest BCUT2D eigenvalue weighted by atomic mass is 32.2. The molecule has 0 saturated heterocycles. The van der Waals surface area contributed by atoms with Crippen molar-refractivity contribution in [3.63, 3.8) is 0 Å². The molecule has 3 rings (SSSR count). The molecule has 0 amide bonds. The van der Waals surface area contributed by atoms with Crippen molar-refractivity contribution >= 4 is 17.5 Å². The van der Waals surface area contributed by atoms with E-state index in [9.17, 15) is 0 Å². The van der Waals surface area contributed by atoms with Crippen molar-refractivity contribution in [2.75, 3.05) is 20.1 Å². The van der Waals surface area contributed by atoms with Gasteiger partial charge in [-0.3, -0.25) is 4.99 Å². The smallest absolute Gasteiger partial charge is 0.161 e. The molecule has 2 aromatic carbocycles.